The van der Waals surface area contributed by atoms with Gasteiger partial charge in [-0.05, 0) is 61.3 Å². The first-order chi connectivity index (χ1) is 14.0. The number of nitrogens with two attached hydrogens (primary N) is 2. The number of unbranched alkanes of at least 4 members (excludes halogenated alkanes) is 1. The minimum Gasteiger partial charge on any atom is -0.494 e. The van der Waals surface area contributed by atoms with E-state index in [1.807, 2.05) is 6.07 Å². The van der Waals surface area contributed by atoms with E-state index in [1.165, 1.54) is 11.1 Å². The largest absolute Gasteiger partial charge is 0.494 e. The first kappa shape index (κ1) is 25.1. The van der Waals surface area contributed by atoms with Crippen LogP contribution in [0.15, 0.2) is 23.2 Å². The van der Waals surface area contributed by atoms with Crippen LogP contribution in [-0.2, 0) is 22.4 Å². The van der Waals surface area contributed by atoms with Gasteiger partial charge in [0, 0.05) is 13.0 Å². The monoisotopic (exact) mass is 433 g/mol. The van der Waals surface area contributed by atoms with Crippen LogP contribution in [0.2, 0.25) is 0 Å². The van der Waals surface area contributed by atoms with Crippen molar-refractivity contribution in [2.75, 3.05) is 13.2 Å². The van der Waals surface area contributed by atoms with E-state index in [2.05, 4.69) is 17.1 Å². The number of halogens is 3. The number of carboxylic acid groups (broad SMARTS) is 2. The average molecular weight is 433 g/mol. The van der Waals surface area contributed by atoms with E-state index < -0.39 is 18.1 Å². The summed E-state index contributed by atoms with van der Waals surface area (Å²) in [6.07, 6.45) is -0.335. The molecule has 1 aliphatic rings. The Morgan fingerprint density at radius 1 is 1.17 bits per heavy atom. The normalized spacial score (nSPS) is 15.2. The maximum atomic E-state index is 10.8. The summed E-state index contributed by atoms with van der Waals surface area (Å²) in [7, 11) is 0. The predicted molar refractivity (Wildman–Crippen MR) is 103 cm³/mol. The van der Waals surface area contributed by atoms with Crippen molar-refractivity contribution < 1.29 is 37.7 Å². The van der Waals surface area contributed by atoms with Crippen LogP contribution in [0, 0.1) is 5.92 Å². The Morgan fingerprint density at radius 3 is 2.40 bits per heavy atom. The molecular formula is C19H26F3N3O5. The van der Waals surface area contributed by atoms with E-state index in [0.717, 1.165) is 37.9 Å². The van der Waals surface area contributed by atoms with E-state index in [1.54, 1.807) is 0 Å². The van der Waals surface area contributed by atoms with Crippen molar-refractivity contribution in [1.82, 2.24) is 0 Å². The Hall–Kier alpha value is -2.98. The summed E-state index contributed by atoms with van der Waals surface area (Å²) in [5, 5.41) is 16.0. The van der Waals surface area contributed by atoms with Crippen molar-refractivity contribution in [3.63, 3.8) is 0 Å². The lowest BCUT2D eigenvalue weighted by Gasteiger charge is -2.23. The van der Waals surface area contributed by atoms with Gasteiger partial charge in [0.1, 0.15) is 5.75 Å². The Balaban J connectivity index is 0.000000553. The minimum absolute atomic E-state index is 0.127. The van der Waals surface area contributed by atoms with E-state index in [0.29, 0.717) is 13.2 Å². The number of hydrogen-bond acceptors (Lipinski definition) is 4. The molecule has 11 heteroatoms. The molecule has 0 saturated heterocycles. The third-order valence-electron chi connectivity index (χ3n) is 4.33. The number of hydrogen-bond donors (Lipinski definition) is 4. The predicted octanol–water partition coefficient (Wildman–Crippen LogP) is 2.33. The number of carbonyl (C=O) groups is 2. The fourth-order valence-electron chi connectivity index (χ4n) is 2.93. The lowest BCUT2D eigenvalue weighted by Crippen LogP contribution is -2.23. The number of benzene rings is 1. The molecule has 0 saturated carbocycles. The molecular weight excluding hydrogens is 407 g/mol. The molecule has 1 aromatic carbocycles. The first-order valence-corrected chi connectivity index (χ1v) is 9.31. The second kappa shape index (κ2) is 11.9. The molecule has 0 aromatic heterocycles. The Bertz CT molecular complexity index is 749. The molecule has 6 N–H and O–H groups in total. The summed E-state index contributed by atoms with van der Waals surface area (Å²) < 4.78 is 37.5. The van der Waals surface area contributed by atoms with Crippen LogP contribution in [0.5, 0.6) is 5.75 Å². The summed E-state index contributed by atoms with van der Waals surface area (Å²) in [5.41, 5.74) is 13.1. The number of aliphatic carboxylic acids is 2. The summed E-state index contributed by atoms with van der Waals surface area (Å²) in [5.74, 6) is -2.21. The van der Waals surface area contributed by atoms with Gasteiger partial charge in [-0.2, -0.15) is 13.2 Å². The van der Waals surface area contributed by atoms with Gasteiger partial charge in [0.15, 0.2) is 5.96 Å². The lowest BCUT2D eigenvalue weighted by atomic mass is 9.82. The number of guanidine groups is 1. The number of fused-ring (bicyclic) bond motifs is 1. The third-order valence-corrected chi connectivity index (χ3v) is 4.33. The summed E-state index contributed by atoms with van der Waals surface area (Å²) >= 11 is 0. The molecule has 0 amide bonds. The molecule has 0 heterocycles. The molecule has 0 fully saturated rings. The van der Waals surface area contributed by atoms with Gasteiger partial charge in [0.25, 0.3) is 0 Å². The standard InChI is InChI=1S/C17H25N3O3.C2HF3O2/c18-17(19)20-7-1-2-8-23-15-6-5-13-9-12(10-16(21)22)3-4-14(13)11-15;3-2(4,5)1(6)7/h5-6,11-12H,1-4,7-10H2,(H,21,22)(H4,18,19,20);(H,6,7). The van der Waals surface area contributed by atoms with Gasteiger partial charge in [-0.1, -0.05) is 6.07 Å². The van der Waals surface area contributed by atoms with Gasteiger partial charge in [-0.25, -0.2) is 4.79 Å². The van der Waals surface area contributed by atoms with Crippen LogP contribution in [0.4, 0.5) is 13.2 Å². The van der Waals surface area contributed by atoms with E-state index in [-0.39, 0.29) is 18.3 Å². The van der Waals surface area contributed by atoms with Gasteiger partial charge >= 0.3 is 18.1 Å². The second-order valence-corrected chi connectivity index (χ2v) is 6.80. The van der Waals surface area contributed by atoms with Crippen LogP contribution in [0.1, 0.15) is 36.8 Å². The highest BCUT2D eigenvalue weighted by atomic mass is 19.4. The van der Waals surface area contributed by atoms with Gasteiger partial charge in [-0.15, -0.1) is 0 Å². The zero-order valence-electron chi connectivity index (χ0n) is 16.3. The molecule has 0 aliphatic heterocycles. The quantitative estimate of drug-likeness (QED) is 0.279. The molecule has 30 heavy (non-hydrogen) atoms. The Labute approximate surface area is 171 Å². The molecule has 1 aromatic rings. The summed E-state index contributed by atoms with van der Waals surface area (Å²) in [6, 6.07) is 6.12. The highest BCUT2D eigenvalue weighted by Crippen LogP contribution is 2.30. The zero-order chi connectivity index (χ0) is 22.7. The van der Waals surface area contributed by atoms with Crippen LogP contribution in [0.25, 0.3) is 0 Å². The number of aliphatic imine (C=N–C) groups is 1. The van der Waals surface area contributed by atoms with Crippen molar-refractivity contribution in [1.29, 1.82) is 0 Å². The molecule has 1 unspecified atom stereocenters. The summed E-state index contributed by atoms with van der Waals surface area (Å²) in [6.45, 7) is 1.27. The Morgan fingerprint density at radius 2 is 1.83 bits per heavy atom. The SMILES string of the molecule is NC(N)=NCCCCOc1ccc2c(c1)CCC(CC(=O)O)C2.O=C(O)C(F)(F)F. The highest BCUT2D eigenvalue weighted by Gasteiger charge is 2.38. The molecule has 0 bridgehead atoms. The van der Waals surface area contributed by atoms with Crippen molar-refractivity contribution in [3.05, 3.63) is 29.3 Å². The topological polar surface area (TPSA) is 148 Å². The zero-order valence-corrected chi connectivity index (χ0v) is 16.3. The minimum atomic E-state index is -5.08. The van der Waals surface area contributed by atoms with Crippen LogP contribution >= 0.6 is 0 Å². The number of rotatable bonds is 8. The number of ether oxygens (including phenoxy) is 1. The molecule has 1 aliphatic carbocycles. The second-order valence-electron chi connectivity index (χ2n) is 6.80. The molecule has 8 nitrogen and oxygen atoms in total. The average Bonchev–Trinajstić information content (AvgIpc) is 2.63. The van der Waals surface area contributed by atoms with E-state index in [9.17, 15) is 18.0 Å². The maximum Gasteiger partial charge on any atom is 0.490 e. The number of carboxylic acids is 2. The lowest BCUT2D eigenvalue weighted by molar-refractivity contribution is -0.192. The van der Waals surface area contributed by atoms with Crippen molar-refractivity contribution in [2.24, 2.45) is 22.4 Å². The number of aryl methyl sites for hydroxylation is 1. The fourth-order valence-corrected chi connectivity index (χ4v) is 2.93. The Kier molecular flexibility index (Phi) is 9.93. The fraction of sp³-hybridized carbons (Fsp3) is 0.526. The van der Waals surface area contributed by atoms with Gasteiger partial charge < -0.3 is 26.4 Å². The molecule has 2 rings (SSSR count). The van der Waals surface area contributed by atoms with Gasteiger partial charge in [-0.3, -0.25) is 9.79 Å². The van der Waals surface area contributed by atoms with Gasteiger partial charge in [0.2, 0.25) is 0 Å². The van der Waals surface area contributed by atoms with E-state index >= 15 is 0 Å². The highest BCUT2D eigenvalue weighted by molar-refractivity contribution is 5.75. The third kappa shape index (κ3) is 9.99. The van der Waals surface area contributed by atoms with Gasteiger partial charge in [0.05, 0.1) is 6.61 Å². The first-order valence-electron chi connectivity index (χ1n) is 9.31. The number of alkyl halides is 3. The molecule has 168 valence electrons. The molecule has 1 atom stereocenters. The van der Waals surface area contributed by atoms with Crippen LogP contribution in [-0.4, -0.2) is 47.4 Å². The smallest absolute Gasteiger partial charge is 0.490 e. The van der Waals surface area contributed by atoms with Crippen LogP contribution in [0.3, 0.4) is 0 Å². The molecule has 0 spiro atoms. The van der Waals surface area contributed by atoms with E-state index in [4.69, 9.17) is 31.2 Å². The maximum absolute atomic E-state index is 10.8. The van der Waals surface area contributed by atoms with Crippen LogP contribution < -0.4 is 16.2 Å². The molecule has 0 radical (unpaired) electrons. The summed E-state index contributed by atoms with van der Waals surface area (Å²) in [4.78, 5) is 23.6. The van der Waals surface area contributed by atoms with Crippen molar-refractivity contribution in [2.45, 2.75) is 44.7 Å². The van der Waals surface area contributed by atoms with Crippen molar-refractivity contribution in [3.8, 4) is 5.75 Å². The number of nitrogens with zero attached hydrogens (tertiary/aromatic N) is 1. The van der Waals surface area contributed by atoms with Crippen molar-refractivity contribution >= 4 is 17.9 Å².